The van der Waals surface area contributed by atoms with E-state index in [-0.39, 0.29) is 18.1 Å². The number of carbonyl (C=O) groups is 1. The average Bonchev–Trinajstić information content (AvgIpc) is 2.34. The normalized spacial score (nSPS) is 27.5. The van der Waals surface area contributed by atoms with Gasteiger partial charge in [-0.05, 0) is 31.6 Å². The summed E-state index contributed by atoms with van der Waals surface area (Å²) in [7, 11) is 0. The second kappa shape index (κ2) is 7.43. The topological polar surface area (TPSA) is 49.3 Å². The molecule has 0 saturated heterocycles. The van der Waals surface area contributed by atoms with Crippen molar-refractivity contribution in [2.24, 2.45) is 5.92 Å². The third-order valence-electron chi connectivity index (χ3n) is 3.77. The van der Waals surface area contributed by atoms with Crippen LogP contribution >= 0.6 is 0 Å². The van der Waals surface area contributed by atoms with Crippen molar-refractivity contribution in [1.29, 1.82) is 0 Å². The molecule has 0 bridgehead atoms. The van der Waals surface area contributed by atoms with E-state index in [0.29, 0.717) is 12.3 Å². The fourth-order valence-electron chi connectivity index (χ4n) is 2.83. The van der Waals surface area contributed by atoms with E-state index in [9.17, 15) is 9.90 Å². The van der Waals surface area contributed by atoms with Crippen molar-refractivity contribution in [3.05, 3.63) is 0 Å². The number of hydrogen-bond donors (Lipinski definition) is 2. The van der Waals surface area contributed by atoms with Gasteiger partial charge in [0, 0.05) is 12.8 Å². The number of carbonyl (C=O) groups excluding carboxylic acids is 1. The lowest BCUT2D eigenvalue weighted by molar-refractivity contribution is -0.124. The van der Waals surface area contributed by atoms with Crippen LogP contribution in [0.4, 0.5) is 0 Å². The van der Waals surface area contributed by atoms with Gasteiger partial charge in [0.05, 0.1) is 12.1 Å². The summed E-state index contributed by atoms with van der Waals surface area (Å²) in [5.41, 5.74) is -0.374. The van der Waals surface area contributed by atoms with Crippen molar-refractivity contribution in [2.75, 3.05) is 6.61 Å². The molecule has 1 aliphatic carbocycles. The molecule has 2 unspecified atom stereocenters. The fraction of sp³-hybridized carbons (Fsp3) is 0.800. The van der Waals surface area contributed by atoms with E-state index in [1.165, 1.54) is 6.42 Å². The molecule has 1 aliphatic rings. The predicted molar refractivity (Wildman–Crippen MR) is 72.9 cm³/mol. The first-order valence-electron chi connectivity index (χ1n) is 6.97. The Bertz CT molecular complexity index is 308. The van der Waals surface area contributed by atoms with E-state index < -0.39 is 0 Å². The number of rotatable bonds is 6. The molecule has 1 rings (SSSR count). The van der Waals surface area contributed by atoms with E-state index >= 15 is 0 Å². The van der Waals surface area contributed by atoms with Gasteiger partial charge in [0.1, 0.15) is 0 Å². The van der Waals surface area contributed by atoms with Crippen molar-refractivity contribution in [2.45, 2.75) is 63.8 Å². The van der Waals surface area contributed by atoms with Crippen LogP contribution < -0.4 is 5.32 Å². The van der Waals surface area contributed by atoms with Crippen LogP contribution in [0.25, 0.3) is 0 Å². The lowest BCUT2D eigenvalue weighted by Gasteiger charge is -2.39. The Morgan fingerprint density at radius 3 is 2.94 bits per heavy atom. The maximum absolute atomic E-state index is 11.9. The zero-order valence-electron chi connectivity index (χ0n) is 11.4. The molecule has 2 atom stereocenters. The van der Waals surface area contributed by atoms with Crippen molar-refractivity contribution >= 4 is 5.91 Å². The molecule has 3 nitrogen and oxygen atoms in total. The highest BCUT2D eigenvalue weighted by molar-refractivity contribution is 5.76. The summed E-state index contributed by atoms with van der Waals surface area (Å²) < 4.78 is 0. The van der Waals surface area contributed by atoms with Gasteiger partial charge in [-0.3, -0.25) is 4.79 Å². The van der Waals surface area contributed by atoms with Gasteiger partial charge < -0.3 is 10.4 Å². The summed E-state index contributed by atoms with van der Waals surface area (Å²) >= 11 is 0. The van der Waals surface area contributed by atoms with Gasteiger partial charge in [0.25, 0.3) is 0 Å². The number of terminal acetylenes is 1. The monoisotopic (exact) mass is 251 g/mol. The smallest absolute Gasteiger partial charge is 0.220 e. The Morgan fingerprint density at radius 2 is 2.33 bits per heavy atom. The van der Waals surface area contributed by atoms with Crippen LogP contribution in [-0.2, 0) is 4.79 Å². The summed E-state index contributed by atoms with van der Waals surface area (Å²) in [5, 5.41) is 12.6. The predicted octanol–water partition coefficient (Wildman–Crippen LogP) is 2.24. The Kier molecular flexibility index (Phi) is 6.21. The van der Waals surface area contributed by atoms with E-state index in [0.717, 1.165) is 38.5 Å². The number of hydrogen-bond acceptors (Lipinski definition) is 2. The largest absolute Gasteiger partial charge is 0.394 e. The highest BCUT2D eigenvalue weighted by Gasteiger charge is 2.35. The molecular formula is C15H25NO2. The number of amides is 1. The molecule has 0 aromatic rings. The minimum Gasteiger partial charge on any atom is -0.394 e. The molecule has 1 saturated carbocycles. The summed E-state index contributed by atoms with van der Waals surface area (Å²) in [6.07, 6.45) is 12.2. The van der Waals surface area contributed by atoms with Gasteiger partial charge >= 0.3 is 0 Å². The van der Waals surface area contributed by atoms with Crippen LogP contribution in [0, 0.1) is 18.3 Å². The van der Waals surface area contributed by atoms with Crippen LogP contribution in [0.1, 0.15) is 58.3 Å². The standard InChI is InChI=1S/C15H25NO2/c1-3-4-5-6-9-14(18)16-15(12-17)10-7-8-13(2)11-15/h1,13,17H,4-12H2,2H3,(H,16,18). The SMILES string of the molecule is C#CCCCCC(=O)NC1(CO)CCCC(C)C1. The number of aliphatic hydroxyl groups is 1. The molecule has 0 spiro atoms. The Morgan fingerprint density at radius 1 is 1.56 bits per heavy atom. The molecule has 0 aliphatic heterocycles. The van der Waals surface area contributed by atoms with Crippen molar-refractivity contribution in [1.82, 2.24) is 5.32 Å². The van der Waals surface area contributed by atoms with E-state index in [1.807, 2.05) is 0 Å². The lowest BCUT2D eigenvalue weighted by atomic mass is 9.76. The molecule has 2 N–H and O–H groups in total. The Hall–Kier alpha value is -1.01. The van der Waals surface area contributed by atoms with Gasteiger partial charge in [-0.25, -0.2) is 0 Å². The summed E-state index contributed by atoms with van der Waals surface area (Å²) in [6.45, 7) is 2.23. The summed E-state index contributed by atoms with van der Waals surface area (Å²) in [5.74, 6) is 3.20. The molecule has 0 aromatic carbocycles. The zero-order chi connectivity index (χ0) is 13.4. The second-order valence-corrected chi connectivity index (χ2v) is 5.60. The third kappa shape index (κ3) is 4.70. The first-order chi connectivity index (χ1) is 8.62. The summed E-state index contributed by atoms with van der Waals surface area (Å²) in [6, 6.07) is 0. The molecule has 0 radical (unpaired) electrons. The quantitative estimate of drug-likeness (QED) is 0.562. The van der Waals surface area contributed by atoms with E-state index in [2.05, 4.69) is 18.2 Å². The average molecular weight is 251 g/mol. The highest BCUT2D eigenvalue weighted by atomic mass is 16.3. The number of nitrogens with one attached hydrogen (secondary N) is 1. The molecule has 102 valence electrons. The van der Waals surface area contributed by atoms with Crippen LogP contribution in [0.3, 0.4) is 0 Å². The first kappa shape index (κ1) is 15.0. The second-order valence-electron chi connectivity index (χ2n) is 5.60. The zero-order valence-corrected chi connectivity index (χ0v) is 11.4. The Balaban J connectivity index is 2.37. The lowest BCUT2D eigenvalue weighted by Crippen LogP contribution is -2.53. The van der Waals surface area contributed by atoms with Crippen molar-refractivity contribution in [3.8, 4) is 12.3 Å². The Labute approximate surface area is 110 Å². The molecule has 0 aromatic heterocycles. The van der Waals surface area contributed by atoms with E-state index in [1.54, 1.807) is 0 Å². The maximum Gasteiger partial charge on any atom is 0.220 e. The number of aliphatic hydroxyl groups excluding tert-OH is 1. The molecule has 1 amide bonds. The van der Waals surface area contributed by atoms with Gasteiger partial charge in [-0.2, -0.15) is 0 Å². The summed E-state index contributed by atoms with van der Waals surface area (Å²) in [4.78, 5) is 11.9. The van der Waals surface area contributed by atoms with Crippen molar-refractivity contribution < 1.29 is 9.90 Å². The van der Waals surface area contributed by atoms with Crippen molar-refractivity contribution in [3.63, 3.8) is 0 Å². The van der Waals surface area contributed by atoms with Gasteiger partial charge in [-0.1, -0.05) is 19.8 Å². The number of unbranched alkanes of at least 4 members (excludes halogenated alkanes) is 2. The first-order valence-corrected chi connectivity index (χ1v) is 6.97. The van der Waals surface area contributed by atoms with Crippen LogP contribution in [0.2, 0.25) is 0 Å². The fourth-order valence-corrected chi connectivity index (χ4v) is 2.83. The minimum atomic E-state index is -0.374. The molecule has 18 heavy (non-hydrogen) atoms. The van der Waals surface area contributed by atoms with Crippen LogP contribution in [0.5, 0.6) is 0 Å². The molecular weight excluding hydrogens is 226 g/mol. The maximum atomic E-state index is 11.9. The van der Waals surface area contributed by atoms with Gasteiger partial charge in [-0.15, -0.1) is 12.3 Å². The molecule has 0 heterocycles. The van der Waals surface area contributed by atoms with Crippen LogP contribution in [-0.4, -0.2) is 23.2 Å². The minimum absolute atomic E-state index is 0.0490. The third-order valence-corrected chi connectivity index (χ3v) is 3.77. The van der Waals surface area contributed by atoms with E-state index in [4.69, 9.17) is 6.42 Å². The highest BCUT2D eigenvalue weighted by Crippen LogP contribution is 2.32. The van der Waals surface area contributed by atoms with Gasteiger partial charge in [0.2, 0.25) is 5.91 Å². The molecule has 1 fully saturated rings. The molecule has 3 heteroatoms. The van der Waals surface area contributed by atoms with Gasteiger partial charge in [0.15, 0.2) is 0 Å². The van der Waals surface area contributed by atoms with Crippen LogP contribution in [0.15, 0.2) is 0 Å².